The zero-order chi connectivity index (χ0) is 21.9. The molecule has 2 rings (SSSR count). The largest absolute Gasteiger partial charge is 0.479 e. The lowest BCUT2D eigenvalue weighted by Crippen LogP contribution is -2.61. The van der Waals surface area contributed by atoms with Crippen molar-refractivity contribution in [3.05, 3.63) is 23.8 Å². The number of carbonyl (C=O) groups excluding carboxylic acids is 1. The number of aliphatic carboxylic acids is 1. The minimum atomic E-state index is -1.82. The monoisotopic (exact) mass is 413 g/mol. The van der Waals surface area contributed by atoms with Crippen LogP contribution in [0.25, 0.3) is 0 Å². The van der Waals surface area contributed by atoms with E-state index in [0.29, 0.717) is 11.3 Å². The molecule has 0 unspecified atom stereocenters. The van der Waals surface area contributed by atoms with E-state index in [9.17, 15) is 24.9 Å². The van der Waals surface area contributed by atoms with Crippen LogP contribution in [-0.4, -0.2) is 70.1 Å². The minimum absolute atomic E-state index is 0.133. The van der Waals surface area contributed by atoms with E-state index in [1.54, 1.807) is 46.0 Å². The highest BCUT2D eigenvalue weighted by Crippen LogP contribution is 2.30. The van der Waals surface area contributed by atoms with Crippen molar-refractivity contribution in [2.24, 2.45) is 5.41 Å². The molecular formula is C19H27NO9. The van der Waals surface area contributed by atoms with Crippen LogP contribution >= 0.6 is 0 Å². The van der Waals surface area contributed by atoms with Gasteiger partial charge < -0.3 is 40.0 Å². The molecule has 0 radical (unpaired) electrons. The highest BCUT2D eigenvalue weighted by atomic mass is 16.7. The SMILES string of the molecule is CNc1ccc(COC(=O)C(C)(C)C)c(O[C@@H]2O[C@H](C(=O)O)[C@@H](O)[C@H](O)[C@H]2O)c1. The van der Waals surface area contributed by atoms with Gasteiger partial charge in [-0.05, 0) is 32.9 Å². The first kappa shape index (κ1) is 22.9. The van der Waals surface area contributed by atoms with Crippen LogP contribution in [0.2, 0.25) is 0 Å². The van der Waals surface area contributed by atoms with Gasteiger partial charge in [-0.15, -0.1) is 0 Å². The number of nitrogens with one attached hydrogen (secondary N) is 1. The van der Waals surface area contributed by atoms with Gasteiger partial charge in [0.15, 0.2) is 6.10 Å². The lowest BCUT2D eigenvalue weighted by molar-refractivity contribution is -0.271. The molecule has 10 nitrogen and oxygen atoms in total. The average molecular weight is 413 g/mol. The molecule has 1 heterocycles. The summed E-state index contributed by atoms with van der Waals surface area (Å²) in [6, 6.07) is 4.89. The van der Waals surface area contributed by atoms with Gasteiger partial charge in [0.1, 0.15) is 30.7 Å². The first-order valence-electron chi connectivity index (χ1n) is 9.02. The van der Waals surface area contributed by atoms with Crippen LogP contribution in [0.15, 0.2) is 18.2 Å². The van der Waals surface area contributed by atoms with E-state index in [1.165, 1.54) is 0 Å². The molecule has 0 saturated carbocycles. The maximum absolute atomic E-state index is 12.0. The maximum Gasteiger partial charge on any atom is 0.335 e. The molecule has 5 atom stereocenters. The van der Waals surface area contributed by atoms with Gasteiger partial charge in [0.25, 0.3) is 0 Å². The first-order chi connectivity index (χ1) is 13.5. The van der Waals surface area contributed by atoms with Gasteiger partial charge in [-0.2, -0.15) is 0 Å². The Kier molecular flexibility index (Phi) is 7.06. The molecule has 1 fully saturated rings. The third-order valence-electron chi connectivity index (χ3n) is 4.38. The van der Waals surface area contributed by atoms with E-state index < -0.39 is 48.1 Å². The molecule has 0 amide bonds. The van der Waals surface area contributed by atoms with Crippen LogP contribution in [0.1, 0.15) is 26.3 Å². The Balaban J connectivity index is 2.25. The normalized spacial score (nSPS) is 27.2. The fourth-order valence-electron chi connectivity index (χ4n) is 2.57. The summed E-state index contributed by atoms with van der Waals surface area (Å²) in [5.74, 6) is -1.80. The number of aliphatic hydroxyl groups excluding tert-OH is 3. The van der Waals surface area contributed by atoms with Crippen molar-refractivity contribution in [2.75, 3.05) is 12.4 Å². The summed E-state index contributed by atoms with van der Waals surface area (Å²) in [6.07, 6.45) is -8.67. The predicted octanol–water partition coefficient (Wildman–Crippen LogP) is 0.0886. The van der Waals surface area contributed by atoms with Crippen LogP contribution in [0, 0.1) is 5.41 Å². The third kappa shape index (κ3) is 5.36. The molecule has 1 aliphatic rings. The number of benzene rings is 1. The Bertz CT molecular complexity index is 746. The number of aliphatic hydroxyl groups is 3. The summed E-state index contributed by atoms with van der Waals surface area (Å²) >= 11 is 0. The van der Waals surface area contributed by atoms with E-state index in [0.717, 1.165) is 0 Å². The van der Waals surface area contributed by atoms with E-state index in [1.807, 2.05) is 0 Å². The second-order valence-corrected chi connectivity index (χ2v) is 7.75. The first-order valence-corrected chi connectivity index (χ1v) is 9.02. The van der Waals surface area contributed by atoms with Gasteiger partial charge in [-0.1, -0.05) is 0 Å². The molecule has 0 spiro atoms. The van der Waals surface area contributed by atoms with Crippen LogP contribution in [0.5, 0.6) is 5.75 Å². The van der Waals surface area contributed by atoms with Crippen LogP contribution < -0.4 is 10.1 Å². The Morgan fingerprint density at radius 3 is 2.34 bits per heavy atom. The smallest absolute Gasteiger partial charge is 0.335 e. The van der Waals surface area contributed by atoms with Gasteiger partial charge in [0.2, 0.25) is 6.29 Å². The number of hydrogen-bond acceptors (Lipinski definition) is 9. The number of ether oxygens (including phenoxy) is 3. The molecule has 1 aromatic rings. The quantitative estimate of drug-likeness (QED) is 0.405. The summed E-state index contributed by atoms with van der Waals surface area (Å²) in [5.41, 5.74) is 0.361. The summed E-state index contributed by atoms with van der Waals surface area (Å²) in [7, 11) is 1.67. The highest BCUT2D eigenvalue weighted by molar-refractivity contribution is 5.75. The molecule has 29 heavy (non-hydrogen) atoms. The fourth-order valence-corrected chi connectivity index (χ4v) is 2.57. The molecule has 0 aromatic heterocycles. The van der Waals surface area contributed by atoms with Crippen LogP contribution in [-0.2, 0) is 25.7 Å². The Labute approximate surface area is 168 Å². The van der Waals surface area contributed by atoms with E-state index >= 15 is 0 Å². The Hall–Kier alpha value is -2.40. The van der Waals surface area contributed by atoms with Crippen molar-refractivity contribution in [1.82, 2.24) is 0 Å². The molecule has 1 aliphatic heterocycles. The van der Waals surface area contributed by atoms with Crippen molar-refractivity contribution >= 4 is 17.6 Å². The number of carboxylic acids is 1. The number of rotatable bonds is 6. The van der Waals surface area contributed by atoms with Crippen LogP contribution in [0.4, 0.5) is 5.69 Å². The Morgan fingerprint density at radius 2 is 1.79 bits per heavy atom. The van der Waals surface area contributed by atoms with Crippen molar-refractivity contribution < 1.29 is 44.2 Å². The number of carboxylic acid groups (broad SMARTS) is 1. The number of esters is 1. The lowest BCUT2D eigenvalue weighted by Gasteiger charge is -2.38. The summed E-state index contributed by atoms with van der Waals surface area (Å²) < 4.78 is 16.1. The maximum atomic E-state index is 12.0. The molecule has 1 aromatic carbocycles. The van der Waals surface area contributed by atoms with E-state index in [4.69, 9.17) is 19.3 Å². The number of anilines is 1. The molecule has 1 saturated heterocycles. The van der Waals surface area contributed by atoms with Gasteiger partial charge in [-0.3, -0.25) is 4.79 Å². The number of hydrogen-bond donors (Lipinski definition) is 5. The van der Waals surface area contributed by atoms with Gasteiger partial charge in [0, 0.05) is 24.4 Å². The van der Waals surface area contributed by atoms with Crippen molar-refractivity contribution in [1.29, 1.82) is 0 Å². The Morgan fingerprint density at radius 1 is 1.14 bits per heavy atom. The second kappa shape index (κ2) is 8.95. The molecule has 5 N–H and O–H groups in total. The molecule has 10 heteroatoms. The third-order valence-corrected chi connectivity index (χ3v) is 4.38. The number of carbonyl (C=O) groups is 2. The summed E-state index contributed by atoms with van der Waals surface area (Å²) in [4.78, 5) is 23.3. The van der Waals surface area contributed by atoms with E-state index in [-0.39, 0.29) is 12.4 Å². The van der Waals surface area contributed by atoms with Crippen molar-refractivity contribution in [2.45, 2.75) is 58.1 Å². The zero-order valence-electron chi connectivity index (χ0n) is 16.7. The average Bonchev–Trinajstić information content (AvgIpc) is 2.65. The zero-order valence-corrected chi connectivity index (χ0v) is 16.7. The van der Waals surface area contributed by atoms with Crippen LogP contribution in [0.3, 0.4) is 0 Å². The highest BCUT2D eigenvalue weighted by Gasteiger charge is 2.48. The minimum Gasteiger partial charge on any atom is -0.479 e. The molecule has 0 bridgehead atoms. The fraction of sp³-hybridized carbons (Fsp3) is 0.579. The lowest BCUT2D eigenvalue weighted by atomic mass is 9.97. The molecule has 162 valence electrons. The molecular weight excluding hydrogens is 386 g/mol. The van der Waals surface area contributed by atoms with Gasteiger partial charge in [-0.25, -0.2) is 4.79 Å². The summed E-state index contributed by atoms with van der Waals surface area (Å²) in [5, 5.41) is 41.9. The van der Waals surface area contributed by atoms with Crippen molar-refractivity contribution in [3.63, 3.8) is 0 Å². The molecule has 0 aliphatic carbocycles. The standard InChI is InChI=1S/C19H27NO9/c1-19(2,3)18(26)27-8-9-5-6-10(20-4)7-11(9)28-17-14(23)12(21)13(22)15(29-17)16(24)25/h5-7,12-15,17,20-23H,8H2,1-4H3,(H,24,25)/t12-,13-,14+,15-,17+/m0/s1. The van der Waals surface area contributed by atoms with E-state index in [2.05, 4.69) is 5.32 Å². The second-order valence-electron chi connectivity index (χ2n) is 7.75. The predicted molar refractivity (Wildman–Crippen MR) is 100 cm³/mol. The van der Waals surface area contributed by atoms with Gasteiger partial charge in [0.05, 0.1) is 5.41 Å². The van der Waals surface area contributed by atoms with Crippen molar-refractivity contribution in [3.8, 4) is 5.75 Å². The van der Waals surface area contributed by atoms with Gasteiger partial charge >= 0.3 is 11.9 Å². The summed E-state index contributed by atoms with van der Waals surface area (Å²) in [6.45, 7) is 5.00. The topological polar surface area (TPSA) is 155 Å².